The van der Waals surface area contributed by atoms with Crippen molar-refractivity contribution >= 4 is 44.5 Å². The van der Waals surface area contributed by atoms with Gasteiger partial charge >= 0.3 is 0 Å². The molecule has 1 amide bonds. The van der Waals surface area contributed by atoms with Crippen molar-refractivity contribution in [3.63, 3.8) is 0 Å². The number of carbonyl (C=O) groups is 1. The number of nitrogens with one attached hydrogen (secondary N) is 1. The van der Waals surface area contributed by atoms with Crippen LogP contribution in [0.5, 0.6) is 0 Å². The van der Waals surface area contributed by atoms with Crippen LogP contribution >= 0.6 is 38.6 Å². The highest BCUT2D eigenvalue weighted by atomic mass is 79.9. The summed E-state index contributed by atoms with van der Waals surface area (Å²) in [7, 11) is 0. The molecule has 0 aliphatic carbocycles. The Kier molecular flexibility index (Phi) is 4.77. The average molecular weight is 398 g/mol. The van der Waals surface area contributed by atoms with Crippen LogP contribution in [0.3, 0.4) is 0 Å². The predicted octanol–water partition coefficient (Wildman–Crippen LogP) is 4.18. The summed E-state index contributed by atoms with van der Waals surface area (Å²) in [5.74, 6) is 0.000922. The third-order valence-electron chi connectivity index (χ3n) is 3.03. The monoisotopic (exact) mass is 397 g/mol. The highest BCUT2D eigenvalue weighted by molar-refractivity contribution is 9.10. The number of aliphatic hydroxyl groups is 1. The second kappa shape index (κ2) is 6.78. The third-order valence-corrected chi connectivity index (χ3v) is 5.30. The molecule has 0 radical (unpaired) electrons. The van der Waals surface area contributed by atoms with Gasteiger partial charge in [0.2, 0.25) is 0 Å². The van der Waals surface area contributed by atoms with Crippen molar-refractivity contribution in [2.24, 2.45) is 0 Å². The fraction of sp³-hybridized carbons (Fsp3) is 0.133. The van der Waals surface area contributed by atoms with Crippen LogP contribution in [-0.2, 0) is 6.54 Å². The standard InChI is InChI=1S/C15H12BrNO3S2/c16-13-4-2-11(20-13)15(19)17-7-10-1-3-12(22-10)14(18)9-5-6-21-8-9/h1-6,8,14,18H,7H2,(H,17,19). The Morgan fingerprint density at radius 1 is 1.32 bits per heavy atom. The molecule has 3 aromatic heterocycles. The number of rotatable bonds is 5. The lowest BCUT2D eigenvalue weighted by Crippen LogP contribution is -2.21. The second-order valence-corrected chi connectivity index (χ2v) is 7.31. The molecule has 0 spiro atoms. The SMILES string of the molecule is O=C(NCc1ccc(C(O)c2ccsc2)s1)c1ccc(Br)o1. The van der Waals surface area contributed by atoms with Crippen molar-refractivity contribution in [1.29, 1.82) is 0 Å². The molecule has 0 aliphatic heterocycles. The van der Waals surface area contributed by atoms with Crippen molar-refractivity contribution in [1.82, 2.24) is 5.32 Å². The zero-order chi connectivity index (χ0) is 15.5. The van der Waals surface area contributed by atoms with Gasteiger partial charge in [0.15, 0.2) is 10.4 Å². The minimum atomic E-state index is -0.610. The lowest BCUT2D eigenvalue weighted by atomic mass is 10.2. The largest absolute Gasteiger partial charge is 0.444 e. The number of thiophene rings is 2. The Bertz CT molecular complexity index is 763. The van der Waals surface area contributed by atoms with E-state index >= 15 is 0 Å². The number of amides is 1. The maximum Gasteiger partial charge on any atom is 0.287 e. The smallest absolute Gasteiger partial charge is 0.287 e. The lowest BCUT2D eigenvalue weighted by Gasteiger charge is -2.05. The van der Waals surface area contributed by atoms with Crippen LogP contribution in [0.15, 0.2) is 50.2 Å². The van der Waals surface area contributed by atoms with Crippen molar-refractivity contribution in [2.75, 3.05) is 0 Å². The fourth-order valence-corrected chi connectivity index (χ4v) is 3.87. The Morgan fingerprint density at radius 2 is 2.18 bits per heavy atom. The van der Waals surface area contributed by atoms with E-state index < -0.39 is 6.10 Å². The van der Waals surface area contributed by atoms with Crippen molar-refractivity contribution in [2.45, 2.75) is 12.6 Å². The number of halogens is 1. The number of aliphatic hydroxyl groups excluding tert-OH is 1. The van der Waals surface area contributed by atoms with Crippen molar-refractivity contribution in [3.8, 4) is 0 Å². The van der Waals surface area contributed by atoms with Gasteiger partial charge in [-0.1, -0.05) is 0 Å². The molecule has 4 nitrogen and oxygen atoms in total. The van der Waals surface area contributed by atoms with E-state index in [1.807, 2.05) is 29.0 Å². The molecule has 0 saturated carbocycles. The lowest BCUT2D eigenvalue weighted by molar-refractivity contribution is 0.0922. The maximum absolute atomic E-state index is 11.9. The summed E-state index contributed by atoms with van der Waals surface area (Å²) in [6.45, 7) is 0.401. The third kappa shape index (κ3) is 3.49. The van der Waals surface area contributed by atoms with Gasteiger partial charge in [0.1, 0.15) is 6.10 Å². The van der Waals surface area contributed by atoms with E-state index in [0.29, 0.717) is 11.2 Å². The second-order valence-electron chi connectivity index (χ2n) is 4.55. The summed E-state index contributed by atoms with van der Waals surface area (Å²) in [6, 6.07) is 8.99. The molecule has 3 aromatic rings. The minimum Gasteiger partial charge on any atom is -0.444 e. The zero-order valence-electron chi connectivity index (χ0n) is 11.3. The summed E-state index contributed by atoms with van der Waals surface area (Å²) >= 11 is 6.20. The first-order valence-electron chi connectivity index (χ1n) is 6.46. The molecule has 7 heteroatoms. The van der Waals surface area contributed by atoms with E-state index in [-0.39, 0.29) is 11.7 Å². The highest BCUT2D eigenvalue weighted by Gasteiger charge is 2.14. The van der Waals surface area contributed by atoms with Crippen LogP contribution in [-0.4, -0.2) is 11.0 Å². The van der Waals surface area contributed by atoms with Gasteiger partial charge in [0, 0.05) is 9.75 Å². The topological polar surface area (TPSA) is 62.5 Å². The molecule has 1 atom stereocenters. The Labute approximate surface area is 143 Å². The quantitative estimate of drug-likeness (QED) is 0.678. The van der Waals surface area contributed by atoms with Crippen LogP contribution in [0.1, 0.15) is 32.0 Å². The van der Waals surface area contributed by atoms with Crippen molar-refractivity contribution < 1.29 is 14.3 Å². The Hall–Kier alpha value is -1.41. The highest BCUT2D eigenvalue weighted by Crippen LogP contribution is 2.29. The van der Waals surface area contributed by atoms with E-state index in [0.717, 1.165) is 15.3 Å². The first kappa shape index (κ1) is 15.5. The van der Waals surface area contributed by atoms with E-state index in [1.165, 1.54) is 11.3 Å². The molecular weight excluding hydrogens is 386 g/mol. The van der Waals surface area contributed by atoms with Gasteiger partial charge in [-0.25, -0.2) is 0 Å². The normalized spacial score (nSPS) is 12.3. The van der Waals surface area contributed by atoms with E-state index in [1.54, 1.807) is 23.5 Å². The Morgan fingerprint density at radius 3 is 2.86 bits per heavy atom. The van der Waals surface area contributed by atoms with Crippen LogP contribution < -0.4 is 5.32 Å². The van der Waals surface area contributed by atoms with Gasteiger partial charge in [-0.3, -0.25) is 4.79 Å². The number of carbonyl (C=O) groups excluding carboxylic acids is 1. The molecule has 22 heavy (non-hydrogen) atoms. The molecule has 2 N–H and O–H groups in total. The van der Waals surface area contributed by atoms with E-state index in [2.05, 4.69) is 21.2 Å². The molecule has 114 valence electrons. The van der Waals surface area contributed by atoms with Gasteiger partial charge in [0.25, 0.3) is 5.91 Å². The van der Waals surface area contributed by atoms with Crippen molar-refractivity contribution in [3.05, 3.63) is 66.8 Å². The summed E-state index contributed by atoms with van der Waals surface area (Å²) in [5, 5.41) is 16.9. The van der Waals surface area contributed by atoms with Crippen LogP contribution in [0.25, 0.3) is 0 Å². The summed E-state index contributed by atoms with van der Waals surface area (Å²) < 4.78 is 5.72. The molecular formula is C15H12BrNO3S2. The summed E-state index contributed by atoms with van der Waals surface area (Å²) in [6.07, 6.45) is -0.610. The molecule has 0 aromatic carbocycles. The molecule has 0 saturated heterocycles. The Balaban J connectivity index is 1.61. The molecule has 3 heterocycles. The van der Waals surface area contributed by atoms with Gasteiger partial charge in [-0.05, 0) is 62.6 Å². The predicted molar refractivity (Wildman–Crippen MR) is 90.3 cm³/mol. The first-order chi connectivity index (χ1) is 10.6. The zero-order valence-corrected chi connectivity index (χ0v) is 14.5. The minimum absolute atomic E-state index is 0.265. The maximum atomic E-state index is 11.9. The van der Waals surface area contributed by atoms with E-state index in [9.17, 15) is 9.90 Å². The van der Waals surface area contributed by atoms with Gasteiger partial charge in [0.05, 0.1) is 6.54 Å². The number of furan rings is 1. The van der Waals surface area contributed by atoms with Gasteiger partial charge in [-0.2, -0.15) is 11.3 Å². The molecule has 0 bridgehead atoms. The van der Waals surface area contributed by atoms with Crippen LogP contribution in [0.2, 0.25) is 0 Å². The number of hydrogen-bond donors (Lipinski definition) is 2. The van der Waals surface area contributed by atoms with Gasteiger partial charge < -0.3 is 14.8 Å². The molecule has 0 fully saturated rings. The van der Waals surface area contributed by atoms with Crippen LogP contribution in [0.4, 0.5) is 0 Å². The summed E-state index contributed by atoms with van der Waals surface area (Å²) in [5.41, 5.74) is 0.892. The fourth-order valence-electron chi connectivity index (χ4n) is 1.92. The van der Waals surface area contributed by atoms with E-state index in [4.69, 9.17) is 4.42 Å². The molecule has 0 aliphatic rings. The van der Waals surface area contributed by atoms with Gasteiger partial charge in [-0.15, -0.1) is 11.3 Å². The van der Waals surface area contributed by atoms with Crippen LogP contribution in [0, 0.1) is 0 Å². The average Bonchev–Trinajstić information content (AvgIpc) is 3.25. The first-order valence-corrected chi connectivity index (χ1v) is 9.01. The molecule has 1 unspecified atom stereocenters. The number of hydrogen-bond acceptors (Lipinski definition) is 5. The summed E-state index contributed by atoms with van der Waals surface area (Å²) in [4.78, 5) is 13.7. The molecule has 3 rings (SSSR count).